The topological polar surface area (TPSA) is 79.4 Å². The Hall–Kier alpha value is -2.05. The van der Waals surface area contributed by atoms with Gasteiger partial charge in [-0.15, -0.1) is 0 Å². The average molecular weight is 267 g/mol. The van der Waals surface area contributed by atoms with Crippen LogP contribution in [0.3, 0.4) is 0 Å². The van der Waals surface area contributed by atoms with E-state index in [1.807, 2.05) is 11.8 Å². The van der Waals surface area contributed by atoms with Crippen molar-refractivity contribution in [3.05, 3.63) is 6.33 Å². The molecule has 0 unspecified atom stereocenters. The van der Waals surface area contributed by atoms with Gasteiger partial charge in [-0.25, -0.2) is 9.97 Å². The van der Waals surface area contributed by atoms with Crippen LogP contribution in [0.15, 0.2) is 6.33 Å². The van der Waals surface area contributed by atoms with Crippen LogP contribution in [0.25, 0.3) is 0 Å². The third-order valence-corrected chi connectivity index (χ3v) is 2.63. The molecule has 19 heavy (non-hydrogen) atoms. The number of likely N-dealkylation sites (N-methyl/N-ethyl adjacent to an activating group) is 1. The Kier molecular flexibility index (Phi) is 5.84. The molecule has 1 heterocycles. The Bertz CT molecular complexity index is 425. The van der Waals surface area contributed by atoms with Gasteiger partial charge in [0.05, 0.1) is 13.7 Å². The summed E-state index contributed by atoms with van der Waals surface area (Å²) < 4.78 is 5.35. The van der Waals surface area contributed by atoms with Crippen molar-refractivity contribution in [3.63, 3.8) is 0 Å². The van der Waals surface area contributed by atoms with E-state index in [9.17, 15) is 4.79 Å². The SMILES string of the molecule is CCCN(CC(=O)NC)c1ncnc(NC)c1OC. The van der Waals surface area contributed by atoms with Crippen LogP contribution in [0, 0.1) is 0 Å². The van der Waals surface area contributed by atoms with Crippen molar-refractivity contribution in [2.45, 2.75) is 13.3 Å². The normalized spacial score (nSPS) is 9.89. The highest BCUT2D eigenvalue weighted by Gasteiger charge is 2.19. The second-order valence-electron chi connectivity index (χ2n) is 3.92. The van der Waals surface area contributed by atoms with E-state index in [0.29, 0.717) is 23.9 Å². The first-order chi connectivity index (χ1) is 9.17. The molecule has 0 saturated heterocycles. The molecule has 0 fully saturated rings. The van der Waals surface area contributed by atoms with Crippen LogP contribution >= 0.6 is 0 Å². The third-order valence-electron chi connectivity index (χ3n) is 2.63. The molecule has 0 spiro atoms. The number of nitrogens with one attached hydrogen (secondary N) is 2. The Labute approximate surface area is 113 Å². The van der Waals surface area contributed by atoms with E-state index in [2.05, 4.69) is 20.6 Å². The van der Waals surface area contributed by atoms with Gasteiger partial charge in [0, 0.05) is 20.6 Å². The van der Waals surface area contributed by atoms with Crippen molar-refractivity contribution in [1.29, 1.82) is 0 Å². The number of ether oxygens (including phenoxy) is 1. The summed E-state index contributed by atoms with van der Waals surface area (Å²) in [5.41, 5.74) is 0. The molecule has 1 aromatic rings. The molecule has 0 radical (unpaired) electrons. The van der Waals surface area contributed by atoms with E-state index < -0.39 is 0 Å². The number of rotatable bonds is 7. The van der Waals surface area contributed by atoms with Crippen LogP contribution in [-0.4, -0.2) is 50.2 Å². The molecule has 0 aliphatic carbocycles. The number of anilines is 2. The fourth-order valence-corrected chi connectivity index (χ4v) is 1.74. The first-order valence-electron chi connectivity index (χ1n) is 6.20. The van der Waals surface area contributed by atoms with E-state index in [1.165, 1.54) is 6.33 Å². The zero-order valence-corrected chi connectivity index (χ0v) is 11.9. The molecule has 0 bridgehead atoms. The molecule has 1 aromatic heterocycles. The van der Waals surface area contributed by atoms with Crippen molar-refractivity contribution in [3.8, 4) is 5.75 Å². The van der Waals surface area contributed by atoms with Crippen LogP contribution in [0.5, 0.6) is 5.75 Å². The highest BCUT2D eigenvalue weighted by atomic mass is 16.5. The molecule has 1 amide bonds. The van der Waals surface area contributed by atoms with E-state index in [0.717, 1.165) is 6.42 Å². The average Bonchev–Trinajstić information content (AvgIpc) is 2.45. The van der Waals surface area contributed by atoms with Crippen molar-refractivity contribution in [2.24, 2.45) is 0 Å². The second-order valence-corrected chi connectivity index (χ2v) is 3.92. The second kappa shape index (κ2) is 7.40. The van der Waals surface area contributed by atoms with Crippen LogP contribution in [0.4, 0.5) is 11.6 Å². The molecule has 0 saturated carbocycles. The smallest absolute Gasteiger partial charge is 0.239 e. The maximum absolute atomic E-state index is 11.6. The van der Waals surface area contributed by atoms with Gasteiger partial charge in [-0.3, -0.25) is 4.79 Å². The highest BCUT2D eigenvalue weighted by Crippen LogP contribution is 2.31. The number of aromatic nitrogens is 2. The Morgan fingerprint density at radius 3 is 2.68 bits per heavy atom. The van der Waals surface area contributed by atoms with Gasteiger partial charge in [-0.2, -0.15) is 0 Å². The number of hydrogen-bond donors (Lipinski definition) is 2. The van der Waals surface area contributed by atoms with Crippen LogP contribution in [-0.2, 0) is 4.79 Å². The fourth-order valence-electron chi connectivity index (χ4n) is 1.74. The summed E-state index contributed by atoms with van der Waals surface area (Å²) >= 11 is 0. The molecular formula is C12H21N5O2. The van der Waals surface area contributed by atoms with E-state index in [-0.39, 0.29) is 12.5 Å². The van der Waals surface area contributed by atoms with Gasteiger partial charge in [0.1, 0.15) is 6.33 Å². The number of carbonyl (C=O) groups is 1. The van der Waals surface area contributed by atoms with Gasteiger partial charge < -0.3 is 20.3 Å². The van der Waals surface area contributed by atoms with Gasteiger partial charge in [0.15, 0.2) is 11.6 Å². The summed E-state index contributed by atoms with van der Waals surface area (Å²) in [5.74, 6) is 1.69. The summed E-state index contributed by atoms with van der Waals surface area (Å²) in [6, 6.07) is 0. The lowest BCUT2D eigenvalue weighted by molar-refractivity contribution is -0.119. The quantitative estimate of drug-likeness (QED) is 0.748. The first kappa shape index (κ1) is 15.0. The number of methoxy groups -OCH3 is 1. The predicted molar refractivity (Wildman–Crippen MR) is 74.7 cm³/mol. The summed E-state index contributed by atoms with van der Waals surface area (Å²) in [5, 5.41) is 5.56. The van der Waals surface area contributed by atoms with E-state index >= 15 is 0 Å². The number of amides is 1. The largest absolute Gasteiger partial charge is 0.490 e. The molecule has 2 N–H and O–H groups in total. The molecule has 7 nitrogen and oxygen atoms in total. The summed E-state index contributed by atoms with van der Waals surface area (Å²) in [4.78, 5) is 21.8. The Morgan fingerprint density at radius 1 is 1.42 bits per heavy atom. The van der Waals surface area contributed by atoms with E-state index in [1.54, 1.807) is 21.2 Å². The van der Waals surface area contributed by atoms with Crippen molar-refractivity contribution in [1.82, 2.24) is 15.3 Å². The molecular weight excluding hydrogens is 246 g/mol. The molecule has 7 heteroatoms. The first-order valence-corrected chi connectivity index (χ1v) is 6.20. The highest BCUT2D eigenvalue weighted by molar-refractivity contribution is 5.81. The zero-order chi connectivity index (χ0) is 14.3. The van der Waals surface area contributed by atoms with Gasteiger partial charge >= 0.3 is 0 Å². The predicted octanol–water partition coefficient (Wildman–Crippen LogP) is 0.489. The van der Waals surface area contributed by atoms with Crippen LogP contribution in [0.1, 0.15) is 13.3 Å². The molecule has 106 valence electrons. The maximum Gasteiger partial charge on any atom is 0.239 e. The lowest BCUT2D eigenvalue weighted by Crippen LogP contribution is -2.37. The van der Waals surface area contributed by atoms with Gasteiger partial charge in [-0.1, -0.05) is 6.92 Å². The van der Waals surface area contributed by atoms with E-state index in [4.69, 9.17) is 4.74 Å². The number of hydrogen-bond acceptors (Lipinski definition) is 6. The Morgan fingerprint density at radius 2 is 2.16 bits per heavy atom. The van der Waals surface area contributed by atoms with Crippen LogP contribution in [0.2, 0.25) is 0 Å². The molecule has 0 aliphatic rings. The Balaban J connectivity index is 3.10. The standard InChI is InChI=1S/C12H21N5O2/c1-5-6-17(7-9(18)13-2)12-10(19-4)11(14-3)15-8-16-12/h8H,5-7H2,1-4H3,(H,13,18)(H,14,15,16). The van der Waals surface area contributed by atoms with Gasteiger partial charge in [0.25, 0.3) is 0 Å². The lowest BCUT2D eigenvalue weighted by Gasteiger charge is -2.24. The van der Waals surface area contributed by atoms with Gasteiger partial charge in [-0.05, 0) is 6.42 Å². The van der Waals surface area contributed by atoms with Gasteiger partial charge in [0.2, 0.25) is 11.7 Å². The molecule has 0 atom stereocenters. The van der Waals surface area contributed by atoms with Crippen molar-refractivity contribution < 1.29 is 9.53 Å². The fraction of sp³-hybridized carbons (Fsp3) is 0.583. The minimum atomic E-state index is -0.0693. The van der Waals surface area contributed by atoms with Crippen LogP contribution < -0.4 is 20.3 Å². The summed E-state index contributed by atoms with van der Waals surface area (Å²) in [6.45, 7) is 2.99. The third kappa shape index (κ3) is 3.70. The number of carbonyl (C=O) groups excluding carboxylic acids is 1. The lowest BCUT2D eigenvalue weighted by atomic mass is 10.3. The summed E-state index contributed by atoms with van der Waals surface area (Å²) in [6.07, 6.45) is 2.36. The van der Waals surface area contributed by atoms with Crippen molar-refractivity contribution >= 4 is 17.5 Å². The number of nitrogens with zero attached hydrogens (tertiary/aromatic N) is 3. The minimum absolute atomic E-state index is 0.0693. The molecule has 0 aliphatic heterocycles. The monoisotopic (exact) mass is 267 g/mol. The summed E-state index contributed by atoms with van der Waals surface area (Å²) in [7, 11) is 4.94. The zero-order valence-electron chi connectivity index (χ0n) is 11.9. The minimum Gasteiger partial charge on any atom is -0.490 e. The van der Waals surface area contributed by atoms with Crippen molar-refractivity contribution in [2.75, 3.05) is 44.5 Å². The molecule has 0 aromatic carbocycles. The maximum atomic E-state index is 11.6. The molecule has 1 rings (SSSR count).